The zero-order valence-electron chi connectivity index (χ0n) is 22.4. The first-order valence-electron chi connectivity index (χ1n) is 14.4. The molecule has 4 fully saturated rings. The van der Waals surface area contributed by atoms with Crippen molar-refractivity contribution in [2.75, 3.05) is 21.3 Å². The van der Waals surface area contributed by atoms with Gasteiger partial charge in [0, 0.05) is 57.3 Å². The molecule has 9 unspecified atom stereocenters. The summed E-state index contributed by atoms with van der Waals surface area (Å²) in [6, 6.07) is 0.487. The third-order valence-electron chi connectivity index (χ3n) is 10.0. The maximum Gasteiger partial charge on any atom is 0.246 e. The molecule has 5 aliphatic rings. The largest absolute Gasteiger partial charge is 0.381 e. The van der Waals surface area contributed by atoms with Crippen molar-refractivity contribution in [1.29, 1.82) is 0 Å². The van der Waals surface area contributed by atoms with Crippen LogP contribution in [0, 0.1) is 23.7 Å². The van der Waals surface area contributed by atoms with Gasteiger partial charge in [0.2, 0.25) is 5.91 Å². The number of piperidine rings is 1. The Bertz CT molecular complexity index is 791. The summed E-state index contributed by atoms with van der Waals surface area (Å²) in [6.07, 6.45) is 14.1. The van der Waals surface area contributed by atoms with Gasteiger partial charge in [0.15, 0.2) is 0 Å². The van der Waals surface area contributed by atoms with E-state index in [4.69, 9.17) is 30.9 Å². The van der Waals surface area contributed by atoms with Crippen molar-refractivity contribution >= 4 is 23.2 Å². The average Bonchev–Trinajstić information content (AvgIpc) is 3.37. The lowest BCUT2D eigenvalue weighted by molar-refractivity contribution is -0.140. The Labute approximate surface area is 222 Å². The van der Waals surface area contributed by atoms with Gasteiger partial charge in [-0.15, -0.1) is 11.6 Å². The highest BCUT2D eigenvalue weighted by molar-refractivity contribution is 6.20. The Balaban J connectivity index is 1.36. The zero-order chi connectivity index (χ0) is 25.2. The van der Waals surface area contributed by atoms with E-state index in [1.165, 1.54) is 12.1 Å². The molecule has 2 heterocycles. The summed E-state index contributed by atoms with van der Waals surface area (Å²) in [6.45, 7) is 0. The number of hydrazone groups is 1. The topological polar surface area (TPSA) is 72.4 Å². The molecule has 0 spiro atoms. The van der Waals surface area contributed by atoms with E-state index >= 15 is 0 Å². The fourth-order valence-corrected chi connectivity index (χ4v) is 8.30. The molecular formula is C28H46ClN3O4. The molecule has 0 radical (unpaired) electrons. The minimum atomic E-state index is -0.137. The van der Waals surface area contributed by atoms with E-state index in [0.717, 1.165) is 77.0 Å². The molecular weight excluding hydrogens is 478 g/mol. The van der Waals surface area contributed by atoms with Gasteiger partial charge in [0.05, 0.1) is 29.9 Å². The van der Waals surface area contributed by atoms with Crippen LogP contribution in [0.25, 0.3) is 0 Å². The Morgan fingerprint density at radius 3 is 2.42 bits per heavy atom. The molecule has 7 nitrogen and oxygen atoms in total. The summed E-state index contributed by atoms with van der Waals surface area (Å²) in [7, 11) is 5.38. The van der Waals surface area contributed by atoms with E-state index < -0.39 is 0 Å². The van der Waals surface area contributed by atoms with Crippen LogP contribution in [0.15, 0.2) is 5.10 Å². The molecule has 3 aliphatic carbocycles. The molecule has 0 aromatic rings. The molecule has 5 rings (SSSR count). The van der Waals surface area contributed by atoms with Crippen LogP contribution in [0.1, 0.15) is 83.5 Å². The molecule has 1 N–H and O–H groups in total. The highest BCUT2D eigenvalue weighted by Gasteiger charge is 2.48. The summed E-state index contributed by atoms with van der Waals surface area (Å²) in [5.41, 5.74) is 1.03. The smallest absolute Gasteiger partial charge is 0.246 e. The molecule has 3 saturated carbocycles. The van der Waals surface area contributed by atoms with Crippen molar-refractivity contribution in [2.45, 2.75) is 119 Å². The van der Waals surface area contributed by atoms with E-state index in [0.29, 0.717) is 24.0 Å². The van der Waals surface area contributed by atoms with Gasteiger partial charge in [0.1, 0.15) is 0 Å². The quantitative estimate of drug-likeness (QED) is 0.403. The normalized spacial score (nSPS) is 42.2. The fraction of sp³-hybridized carbons (Fsp3) is 0.929. The summed E-state index contributed by atoms with van der Waals surface area (Å²) in [5, 5.41) is 10.8. The summed E-state index contributed by atoms with van der Waals surface area (Å²) < 4.78 is 17.2. The minimum Gasteiger partial charge on any atom is -0.381 e. The number of ether oxygens (including phenoxy) is 3. The van der Waals surface area contributed by atoms with Crippen molar-refractivity contribution in [3.63, 3.8) is 0 Å². The van der Waals surface area contributed by atoms with E-state index in [2.05, 4.69) is 5.32 Å². The first kappa shape index (κ1) is 26.9. The Morgan fingerprint density at radius 2 is 1.69 bits per heavy atom. The Hall–Kier alpha value is -0.730. The number of amides is 1. The molecule has 0 aromatic heterocycles. The number of rotatable bonds is 6. The SMILES string of the molecule is COC1CCC2NC(Cl)C(C3CC(C4CCC(OC)C(OC)C4)=NN3C(=O)C3CCCCC3)CC2C1. The average molecular weight is 524 g/mol. The predicted molar refractivity (Wildman–Crippen MR) is 141 cm³/mol. The molecule has 9 atom stereocenters. The monoisotopic (exact) mass is 523 g/mol. The van der Waals surface area contributed by atoms with Gasteiger partial charge in [-0.2, -0.15) is 5.10 Å². The molecule has 1 saturated heterocycles. The Kier molecular flexibility index (Phi) is 8.94. The van der Waals surface area contributed by atoms with Gasteiger partial charge in [-0.25, -0.2) is 5.01 Å². The highest BCUT2D eigenvalue weighted by atomic mass is 35.5. The molecule has 0 aromatic carbocycles. The van der Waals surface area contributed by atoms with Crippen LogP contribution in [0.4, 0.5) is 0 Å². The predicted octanol–water partition coefficient (Wildman–Crippen LogP) is 4.71. The summed E-state index contributed by atoms with van der Waals surface area (Å²) >= 11 is 7.06. The Morgan fingerprint density at radius 1 is 0.917 bits per heavy atom. The minimum absolute atomic E-state index is 0.0365. The van der Waals surface area contributed by atoms with E-state index in [1.54, 1.807) is 14.2 Å². The van der Waals surface area contributed by atoms with Crippen LogP contribution < -0.4 is 5.32 Å². The lowest BCUT2D eigenvalue weighted by Crippen LogP contribution is -2.57. The second kappa shape index (κ2) is 12.0. The highest BCUT2D eigenvalue weighted by Crippen LogP contribution is 2.43. The standard InChI is InChI=1S/C28H46ClN3O4/c1-34-20-10-11-22-19(13-20)14-21(27(29)30-22)24-16-23(18-9-12-25(35-2)26(15-18)36-3)31-32(24)28(33)17-7-5-4-6-8-17/h17-22,24-27,30H,4-16H2,1-3H3. The second-order valence-corrected chi connectivity index (χ2v) is 12.4. The third kappa shape index (κ3) is 5.51. The number of hydrogen-bond acceptors (Lipinski definition) is 6. The van der Waals surface area contributed by atoms with E-state index in [-0.39, 0.29) is 41.5 Å². The number of halogens is 1. The summed E-state index contributed by atoms with van der Waals surface area (Å²) in [4.78, 5) is 13.9. The lowest BCUT2D eigenvalue weighted by Gasteiger charge is -2.47. The van der Waals surface area contributed by atoms with Crippen LogP contribution in [0.2, 0.25) is 0 Å². The summed E-state index contributed by atoms with van der Waals surface area (Å²) in [5.74, 6) is 1.39. The van der Waals surface area contributed by atoms with Crippen LogP contribution in [-0.2, 0) is 19.0 Å². The fourth-order valence-electron chi connectivity index (χ4n) is 7.87. The number of methoxy groups -OCH3 is 3. The number of hydrogen-bond donors (Lipinski definition) is 1. The van der Waals surface area contributed by atoms with Crippen LogP contribution in [-0.4, -0.2) is 73.9 Å². The van der Waals surface area contributed by atoms with E-state index in [1.807, 2.05) is 12.1 Å². The van der Waals surface area contributed by atoms with Gasteiger partial charge in [-0.3, -0.25) is 10.1 Å². The molecule has 8 heteroatoms. The van der Waals surface area contributed by atoms with Crippen LogP contribution in [0.3, 0.4) is 0 Å². The molecule has 2 aliphatic heterocycles. The number of carbonyl (C=O) groups excluding carboxylic acids is 1. The van der Waals surface area contributed by atoms with Crippen molar-refractivity contribution < 1.29 is 19.0 Å². The van der Waals surface area contributed by atoms with Gasteiger partial charge in [0.25, 0.3) is 0 Å². The first-order chi connectivity index (χ1) is 17.5. The number of carbonyl (C=O) groups is 1. The van der Waals surface area contributed by atoms with Crippen molar-refractivity contribution in [3.05, 3.63) is 0 Å². The number of alkyl halides is 1. The van der Waals surface area contributed by atoms with Crippen molar-refractivity contribution in [1.82, 2.24) is 10.3 Å². The second-order valence-electron chi connectivity index (χ2n) is 11.9. The molecule has 1 amide bonds. The number of nitrogens with zero attached hydrogens (tertiary/aromatic N) is 2. The molecule has 36 heavy (non-hydrogen) atoms. The third-order valence-corrected chi connectivity index (χ3v) is 10.5. The van der Waals surface area contributed by atoms with Crippen molar-refractivity contribution in [2.24, 2.45) is 28.8 Å². The maximum atomic E-state index is 13.9. The lowest BCUT2D eigenvalue weighted by atomic mass is 9.72. The number of fused-ring (bicyclic) bond motifs is 1. The number of nitrogens with one attached hydrogen (secondary N) is 1. The van der Waals surface area contributed by atoms with Crippen molar-refractivity contribution in [3.8, 4) is 0 Å². The van der Waals surface area contributed by atoms with E-state index in [9.17, 15) is 4.79 Å². The zero-order valence-corrected chi connectivity index (χ0v) is 23.1. The first-order valence-corrected chi connectivity index (χ1v) is 14.8. The maximum absolute atomic E-state index is 13.9. The molecule has 0 bridgehead atoms. The molecule has 204 valence electrons. The van der Waals surface area contributed by atoms with Gasteiger partial charge >= 0.3 is 0 Å². The van der Waals surface area contributed by atoms with Crippen LogP contribution >= 0.6 is 11.6 Å². The van der Waals surface area contributed by atoms with Gasteiger partial charge < -0.3 is 14.2 Å². The van der Waals surface area contributed by atoms with Crippen LogP contribution in [0.5, 0.6) is 0 Å². The van der Waals surface area contributed by atoms with Gasteiger partial charge in [-0.1, -0.05) is 19.3 Å². The van der Waals surface area contributed by atoms with Gasteiger partial charge in [-0.05, 0) is 63.7 Å².